The maximum Gasteiger partial charge on any atom is 0.313 e. The highest BCUT2D eigenvalue weighted by atomic mass is 16.5. The van der Waals surface area contributed by atoms with Crippen LogP contribution in [-0.4, -0.2) is 110 Å². The zero-order valence-corrected chi connectivity index (χ0v) is 70.4. The van der Waals surface area contributed by atoms with Gasteiger partial charge in [0.25, 0.3) is 5.91 Å². The zero-order valence-electron chi connectivity index (χ0n) is 70.4. The molecule has 0 saturated heterocycles. The number of nitrogens with one attached hydrogen (secondary N) is 2. The van der Waals surface area contributed by atoms with E-state index in [4.69, 9.17) is 15.2 Å². The van der Waals surface area contributed by atoms with Crippen LogP contribution >= 0.6 is 0 Å². The van der Waals surface area contributed by atoms with Crippen molar-refractivity contribution in [3.8, 4) is 17.8 Å². The van der Waals surface area contributed by atoms with E-state index in [9.17, 15) is 45.2 Å². The third-order valence-electron chi connectivity index (χ3n) is 35.5. The molecule has 8 fully saturated rings. The van der Waals surface area contributed by atoms with E-state index in [1.807, 2.05) is 0 Å². The van der Waals surface area contributed by atoms with Crippen LogP contribution in [0.5, 0.6) is 11.8 Å². The topological polar surface area (TPSA) is 270 Å². The minimum Gasteiger partial charge on any atom is -0.481 e. The van der Waals surface area contributed by atoms with E-state index in [0.717, 1.165) is 38.6 Å². The molecule has 0 unspecified atom stereocenters. The molecule has 0 bridgehead atoms. The van der Waals surface area contributed by atoms with E-state index < -0.39 is 34.3 Å². The van der Waals surface area contributed by atoms with Crippen molar-refractivity contribution in [2.24, 2.45) is 124 Å². The number of aliphatic carboxylic acids is 2. The van der Waals surface area contributed by atoms with Crippen molar-refractivity contribution in [3.05, 3.63) is 119 Å². The number of carbonyl (C=O) groups excluding carboxylic acids is 1. The van der Waals surface area contributed by atoms with E-state index in [2.05, 4.69) is 161 Å². The number of carbonyl (C=O) groups is 3. The Hall–Kier alpha value is -5.96. The Bertz CT molecular complexity index is 4140. The van der Waals surface area contributed by atoms with Crippen LogP contribution < -0.4 is 25.8 Å². The van der Waals surface area contributed by atoms with E-state index in [0.29, 0.717) is 110 Å². The SMILES string of the molecule is C=C(C)[C@@H]1CC[C@]2(NCC(C)(C)CO)CC[C@]3(C)[C@H](CC[C@@H]4[C@@]5(C)CC=C(C6=CC[C@](COc7ncccc7C#N)(C(=O)O)CC6)C(C)(C)[C@@H]5CC[C@]43C)[C@@H]12.C=C(C)[C@@H]1CC[C@]2(NC[C@@](C)(O)CO)CC[C@]3(C)[C@H](CC[C@@H]4[C@@]5(C)CC=C(C6=CC[C@](COc7ncccc7C(N)=O)(C(=O)O)CC6)C(C)(C)[C@@H]5CC[C@]43C)[C@@H]12. The number of hydrogen-bond acceptors (Lipinski definition) is 13. The summed E-state index contributed by atoms with van der Waals surface area (Å²) < 4.78 is 11.9. The molecule has 21 atom stereocenters. The lowest BCUT2D eigenvalue weighted by molar-refractivity contribution is -0.221. The van der Waals surface area contributed by atoms with Crippen molar-refractivity contribution < 1.29 is 49.4 Å². The van der Waals surface area contributed by atoms with Gasteiger partial charge in [0.15, 0.2) is 0 Å². The molecular formula is C95H138N6O10. The number of rotatable bonds is 21. The zero-order chi connectivity index (χ0) is 80.5. The van der Waals surface area contributed by atoms with Crippen molar-refractivity contribution in [2.75, 3.05) is 39.5 Å². The molecule has 2 heterocycles. The molecule has 8 saturated carbocycles. The number of carboxylic acids is 2. The van der Waals surface area contributed by atoms with Crippen LogP contribution in [0.2, 0.25) is 0 Å². The van der Waals surface area contributed by atoms with E-state index >= 15 is 0 Å². The van der Waals surface area contributed by atoms with Gasteiger partial charge in [-0.15, -0.1) is 0 Å². The molecule has 12 aliphatic rings. The molecule has 0 radical (unpaired) electrons. The number of aliphatic hydroxyl groups is 3. The lowest BCUT2D eigenvalue weighted by Crippen LogP contribution is -2.68. The normalized spacial score (nSPS) is 40.8. The molecule has 16 heteroatoms. The summed E-state index contributed by atoms with van der Waals surface area (Å²) in [4.78, 5) is 45.9. The third-order valence-corrected chi connectivity index (χ3v) is 35.5. The quantitative estimate of drug-likeness (QED) is 0.0540. The van der Waals surface area contributed by atoms with Crippen LogP contribution in [-0.2, 0) is 9.59 Å². The van der Waals surface area contributed by atoms with Crippen molar-refractivity contribution >= 4 is 17.8 Å². The summed E-state index contributed by atoms with van der Waals surface area (Å²) in [5.41, 5.74) is 11.9. The lowest BCUT2D eigenvalue weighted by atomic mass is 9.33. The van der Waals surface area contributed by atoms with Gasteiger partial charge in [0.2, 0.25) is 11.8 Å². The number of carboxylic acid groups (broad SMARTS) is 2. The molecular weight excluding hydrogens is 1390 g/mol. The molecule has 14 rings (SSSR count). The Kier molecular flexibility index (Phi) is 21.9. The molecule has 2 aromatic rings. The minimum atomic E-state index is -1.14. The summed E-state index contributed by atoms with van der Waals surface area (Å²) in [6.45, 7) is 46.7. The Morgan fingerprint density at radius 1 is 0.559 bits per heavy atom. The van der Waals surface area contributed by atoms with E-state index in [1.54, 1.807) is 37.4 Å². The highest BCUT2D eigenvalue weighted by Gasteiger charge is 2.73. The van der Waals surface area contributed by atoms with E-state index in [1.165, 1.54) is 123 Å². The molecule has 608 valence electrons. The number of ether oxygens (including phenoxy) is 2. The second-order valence-corrected chi connectivity index (χ2v) is 42.3. The number of aromatic nitrogens is 2. The van der Waals surface area contributed by atoms with Gasteiger partial charge in [-0.05, 0) is 324 Å². The Morgan fingerprint density at radius 2 is 1.00 bits per heavy atom. The van der Waals surface area contributed by atoms with Gasteiger partial charge in [0, 0.05) is 48.6 Å². The van der Waals surface area contributed by atoms with Crippen molar-refractivity contribution in [2.45, 2.75) is 275 Å². The van der Waals surface area contributed by atoms with Crippen LogP contribution in [0.3, 0.4) is 0 Å². The molecule has 0 spiro atoms. The number of primary amides is 1. The number of allylic oxidation sites excluding steroid dienone is 10. The monoisotopic (exact) mass is 1520 g/mol. The van der Waals surface area contributed by atoms with Gasteiger partial charge in [0.05, 0.1) is 12.2 Å². The predicted molar refractivity (Wildman–Crippen MR) is 437 cm³/mol. The summed E-state index contributed by atoms with van der Waals surface area (Å²) >= 11 is 0. The first-order valence-electron chi connectivity index (χ1n) is 42.9. The summed E-state index contributed by atoms with van der Waals surface area (Å²) in [5, 5.41) is 69.5. The molecule has 111 heavy (non-hydrogen) atoms. The maximum absolute atomic E-state index is 12.8. The Morgan fingerprint density at radius 3 is 1.41 bits per heavy atom. The van der Waals surface area contributed by atoms with E-state index in [-0.39, 0.29) is 104 Å². The van der Waals surface area contributed by atoms with Crippen molar-refractivity contribution in [3.63, 3.8) is 0 Å². The molecule has 16 nitrogen and oxygen atoms in total. The second-order valence-electron chi connectivity index (χ2n) is 42.3. The highest BCUT2D eigenvalue weighted by Crippen LogP contribution is 2.79. The second kappa shape index (κ2) is 29.3. The number of hydrogen-bond donors (Lipinski definition) is 8. The number of nitriles is 1. The number of nitrogens with zero attached hydrogens (tertiary/aromatic N) is 3. The first-order valence-corrected chi connectivity index (χ1v) is 42.9. The standard InChI is InChI=1S/C48H69N3O4.C47H69N3O6/c1-31(2)34-16-23-48(51-28-42(3,4)29-52)25-24-45(8)36(39(34)48)12-13-38-44(7)19-17-35(43(5,6)37(44)18-20-46(38,45)9)32-14-21-47(22-15-32,41(53)54)30-55-40-33(27-49)11-10-26-50-40;1-29(2)31-15-22-47(50-26-42(5,55)27-51)24-23-44(7)34(37(31)47)11-12-36-43(6)18-16-33(41(3,4)35(43)17-19-45(36,44)8)30-13-20-46(21-14-30,40(53)54)28-56-39-32(38(48)52)10-9-25-49-39/h10-11,14,17,26,34,36-39,51-52H,1,12-13,15-16,18-25,28-30H2,2-9H3,(H,53,54);9-10,13,16,25,31,34-37,50-51,55H,1,11-12,14-15,17-24,26-28H2,2-8H3,(H2,48,52)(H,53,54)/t34-,36+,37-,38+,39+,44-,45+,46+,47-,48-;31-,34+,35-,36+,37+,42+,43-,44+,45+,46-,47-/m00/s1. The highest BCUT2D eigenvalue weighted by molar-refractivity contribution is 5.95. The van der Waals surface area contributed by atoms with Gasteiger partial charge in [-0.25, -0.2) is 9.97 Å². The van der Waals surface area contributed by atoms with Crippen LogP contribution in [0.15, 0.2) is 108 Å². The number of aliphatic hydroxyl groups excluding tert-OH is 2. The molecule has 0 aliphatic heterocycles. The number of pyridine rings is 2. The van der Waals surface area contributed by atoms with Gasteiger partial charge >= 0.3 is 11.9 Å². The molecule has 2 aromatic heterocycles. The Balaban J connectivity index is 0.000000195. The molecule has 9 N–H and O–H groups in total. The van der Waals surface area contributed by atoms with Crippen LogP contribution in [0.1, 0.15) is 274 Å². The summed E-state index contributed by atoms with van der Waals surface area (Å²) in [7, 11) is 0. The van der Waals surface area contributed by atoms with Gasteiger partial charge < -0.3 is 51.4 Å². The van der Waals surface area contributed by atoms with Crippen LogP contribution in [0, 0.1) is 130 Å². The van der Waals surface area contributed by atoms with Crippen LogP contribution in [0.25, 0.3) is 0 Å². The van der Waals surface area contributed by atoms with Gasteiger partial charge in [-0.2, -0.15) is 5.26 Å². The molecule has 12 aliphatic carbocycles. The largest absolute Gasteiger partial charge is 0.481 e. The van der Waals surface area contributed by atoms with Gasteiger partial charge in [-0.3, -0.25) is 14.4 Å². The van der Waals surface area contributed by atoms with Crippen LogP contribution in [0.4, 0.5) is 0 Å². The lowest BCUT2D eigenvalue weighted by Gasteiger charge is -2.72. The fourth-order valence-corrected chi connectivity index (χ4v) is 28.9. The molecule has 1 amide bonds. The summed E-state index contributed by atoms with van der Waals surface area (Å²) in [6.07, 6.45) is 37.1. The Labute approximate surface area is 664 Å². The number of nitrogens with two attached hydrogens (primary N) is 1. The molecule has 0 aromatic carbocycles. The van der Waals surface area contributed by atoms with Crippen molar-refractivity contribution in [1.82, 2.24) is 20.6 Å². The first-order chi connectivity index (χ1) is 52.0. The minimum absolute atomic E-state index is 0.00718. The van der Waals surface area contributed by atoms with Gasteiger partial charge in [0.1, 0.15) is 41.2 Å². The fourth-order valence-electron chi connectivity index (χ4n) is 28.9. The number of amides is 1. The first kappa shape index (κ1) is 83.0. The fraction of sp³-hybridized carbons (Fsp3) is 0.726. The number of β-amino-alcohol motifs (C(OH)–C–C–N with tert-alkyl or cyclic N) is 1. The number of fused-ring (bicyclic) bond motifs is 14. The smallest absolute Gasteiger partial charge is 0.313 e. The summed E-state index contributed by atoms with van der Waals surface area (Å²) in [5.74, 6) is 3.51. The maximum atomic E-state index is 12.8. The summed E-state index contributed by atoms with van der Waals surface area (Å²) in [6, 6.07) is 8.60. The average Bonchev–Trinajstić information content (AvgIpc) is 1.44. The predicted octanol–water partition coefficient (Wildman–Crippen LogP) is 18.1. The third kappa shape index (κ3) is 13.4. The van der Waals surface area contributed by atoms with Gasteiger partial charge in [-0.1, -0.05) is 132 Å². The van der Waals surface area contributed by atoms with Crippen molar-refractivity contribution in [1.29, 1.82) is 5.26 Å². The average molecular weight is 1520 g/mol.